The highest BCUT2D eigenvalue weighted by atomic mass is 19.1. The lowest BCUT2D eigenvalue weighted by molar-refractivity contribution is 0.0581. The van der Waals surface area contributed by atoms with E-state index in [0.29, 0.717) is 11.7 Å². The second-order valence-electron chi connectivity index (χ2n) is 7.08. The minimum Gasteiger partial charge on any atom is -0.337 e. The Kier molecular flexibility index (Phi) is 5.46. The fourth-order valence-corrected chi connectivity index (χ4v) is 3.72. The molecule has 1 saturated carbocycles. The fourth-order valence-electron chi connectivity index (χ4n) is 3.72. The van der Waals surface area contributed by atoms with Crippen LogP contribution in [0.4, 0.5) is 4.39 Å². The van der Waals surface area contributed by atoms with Crippen molar-refractivity contribution in [1.29, 1.82) is 0 Å². The van der Waals surface area contributed by atoms with E-state index >= 15 is 0 Å². The molecule has 1 aromatic heterocycles. The van der Waals surface area contributed by atoms with Crippen molar-refractivity contribution in [1.82, 2.24) is 15.0 Å². The van der Waals surface area contributed by atoms with Gasteiger partial charge in [0.15, 0.2) is 0 Å². The molecule has 1 heterocycles. The molecule has 0 unspecified atom stereocenters. The van der Waals surface area contributed by atoms with Crippen LogP contribution in [0.2, 0.25) is 0 Å². The van der Waals surface area contributed by atoms with E-state index in [1.807, 2.05) is 30.3 Å². The first-order chi connectivity index (χ1) is 13.7. The predicted molar refractivity (Wildman–Crippen MR) is 103 cm³/mol. The Bertz CT molecular complexity index is 936. The maximum atomic E-state index is 14.2. The van der Waals surface area contributed by atoms with Gasteiger partial charge in [0.25, 0.3) is 5.91 Å². The van der Waals surface area contributed by atoms with Gasteiger partial charge < -0.3 is 9.42 Å². The molecule has 28 heavy (non-hydrogen) atoms. The number of hydrogen-bond donors (Lipinski definition) is 0. The molecule has 3 aromatic rings. The predicted octanol–water partition coefficient (Wildman–Crippen LogP) is 4.85. The summed E-state index contributed by atoms with van der Waals surface area (Å²) < 4.78 is 19.6. The lowest BCUT2D eigenvalue weighted by Gasteiger charge is -2.33. The van der Waals surface area contributed by atoms with Crippen LogP contribution in [-0.4, -0.2) is 27.0 Å². The second kappa shape index (κ2) is 8.33. The number of halogens is 1. The van der Waals surface area contributed by atoms with Crippen LogP contribution in [0, 0.1) is 5.82 Å². The van der Waals surface area contributed by atoms with Crippen molar-refractivity contribution >= 4 is 5.91 Å². The Balaban J connectivity index is 1.60. The summed E-state index contributed by atoms with van der Waals surface area (Å²) in [6.45, 7) is 0.178. The van der Waals surface area contributed by atoms with Crippen molar-refractivity contribution in [3.63, 3.8) is 0 Å². The Morgan fingerprint density at radius 2 is 1.75 bits per heavy atom. The number of hydrogen-bond acceptors (Lipinski definition) is 4. The van der Waals surface area contributed by atoms with Gasteiger partial charge in [-0.15, -0.1) is 0 Å². The van der Waals surface area contributed by atoms with Gasteiger partial charge in [0.2, 0.25) is 11.7 Å². The van der Waals surface area contributed by atoms with E-state index in [-0.39, 0.29) is 24.1 Å². The lowest BCUT2D eigenvalue weighted by atomic mass is 9.93. The van der Waals surface area contributed by atoms with Gasteiger partial charge in [0.05, 0.1) is 5.56 Å². The molecule has 0 saturated heterocycles. The minimum absolute atomic E-state index is 0.0490. The van der Waals surface area contributed by atoms with Crippen LogP contribution >= 0.6 is 0 Å². The van der Waals surface area contributed by atoms with Gasteiger partial charge in [-0.3, -0.25) is 4.79 Å². The molecule has 0 bridgehead atoms. The van der Waals surface area contributed by atoms with Crippen LogP contribution in [-0.2, 0) is 6.54 Å². The fraction of sp³-hybridized carbons (Fsp3) is 0.318. The molecule has 1 aliphatic rings. The van der Waals surface area contributed by atoms with Crippen molar-refractivity contribution in [3.8, 4) is 11.4 Å². The zero-order valence-electron chi connectivity index (χ0n) is 15.6. The van der Waals surface area contributed by atoms with E-state index in [1.165, 1.54) is 12.1 Å². The third-order valence-electron chi connectivity index (χ3n) is 5.19. The molecule has 0 spiro atoms. The summed E-state index contributed by atoms with van der Waals surface area (Å²) in [6, 6.07) is 15.7. The van der Waals surface area contributed by atoms with Gasteiger partial charge in [-0.1, -0.05) is 66.9 Å². The third-order valence-corrected chi connectivity index (χ3v) is 5.19. The molecular weight excluding hydrogens is 357 g/mol. The topological polar surface area (TPSA) is 59.2 Å². The van der Waals surface area contributed by atoms with Crippen LogP contribution in [0.15, 0.2) is 59.1 Å². The number of carbonyl (C=O) groups is 1. The summed E-state index contributed by atoms with van der Waals surface area (Å²) in [5, 5.41) is 4.04. The van der Waals surface area contributed by atoms with Crippen LogP contribution in [0.3, 0.4) is 0 Å². The maximum Gasteiger partial charge on any atom is 0.257 e. The number of carbonyl (C=O) groups excluding carboxylic acids is 1. The van der Waals surface area contributed by atoms with Crippen LogP contribution in [0.5, 0.6) is 0 Å². The molecular formula is C22H22FN3O2. The van der Waals surface area contributed by atoms with E-state index in [4.69, 9.17) is 4.52 Å². The highest BCUT2D eigenvalue weighted by Gasteiger charge is 2.29. The zero-order chi connectivity index (χ0) is 19.3. The van der Waals surface area contributed by atoms with E-state index in [1.54, 1.807) is 17.0 Å². The number of benzene rings is 2. The molecule has 4 rings (SSSR count). The van der Waals surface area contributed by atoms with E-state index in [2.05, 4.69) is 10.1 Å². The number of rotatable bonds is 5. The van der Waals surface area contributed by atoms with Gasteiger partial charge in [-0.05, 0) is 25.0 Å². The van der Waals surface area contributed by atoms with E-state index in [9.17, 15) is 9.18 Å². The van der Waals surface area contributed by atoms with Crippen LogP contribution in [0.1, 0.15) is 48.4 Å². The summed E-state index contributed by atoms with van der Waals surface area (Å²) in [6.07, 6.45) is 5.09. The number of nitrogens with zero attached hydrogens (tertiary/aromatic N) is 3. The SMILES string of the molecule is O=C(c1ccccc1F)N(Cc1nc(-c2ccccc2)no1)C1CCCCC1. The van der Waals surface area contributed by atoms with Crippen molar-refractivity contribution < 1.29 is 13.7 Å². The Morgan fingerprint density at radius 3 is 2.50 bits per heavy atom. The quantitative estimate of drug-likeness (QED) is 0.636. The Hall–Kier alpha value is -3.02. The first-order valence-corrected chi connectivity index (χ1v) is 9.66. The van der Waals surface area contributed by atoms with Crippen LogP contribution < -0.4 is 0 Å². The smallest absolute Gasteiger partial charge is 0.257 e. The Morgan fingerprint density at radius 1 is 1.04 bits per heavy atom. The summed E-state index contributed by atoms with van der Waals surface area (Å²) in [5.74, 6) is -0.0000696. The molecule has 1 aliphatic carbocycles. The van der Waals surface area contributed by atoms with Crippen molar-refractivity contribution in [2.24, 2.45) is 0 Å². The molecule has 0 N–H and O–H groups in total. The van der Waals surface area contributed by atoms with Gasteiger partial charge >= 0.3 is 0 Å². The first kappa shape index (κ1) is 18.3. The molecule has 0 aliphatic heterocycles. The normalized spacial score (nSPS) is 14.8. The molecule has 144 valence electrons. The van der Waals surface area contributed by atoms with Gasteiger partial charge in [0, 0.05) is 11.6 Å². The molecule has 6 heteroatoms. The standard InChI is InChI=1S/C22H22FN3O2/c23-19-14-8-7-13-18(19)22(27)26(17-11-5-2-6-12-17)15-20-24-21(25-28-20)16-9-3-1-4-10-16/h1,3-4,7-10,13-14,17H,2,5-6,11-12,15H2. The summed E-state index contributed by atoms with van der Waals surface area (Å²) in [4.78, 5) is 19.3. The van der Waals surface area contributed by atoms with Gasteiger partial charge in [-0.2, -0.15) is 4.98 Å². The average molecular weight is 379 g/mol. The first-order valence-electron chi connectivity index (χ1n) is 9.66. The minimum atomic E-state index is -0.510. The van der Waals surface area contributed by atoms with E-state index in [0.717, 1.165) is 37.7 Å². The van der Waals surface area contributed by atoms with Gasteiger partial charge in [-0.25, -0.2) is 4.39 Å². The highest BCUT2D eigenvalue weighted by molar-refractivity contribution is 5.94. The molecule has 5 nitrogen and oxygen atoms in total. The van der Waals surface area contributed by atoms with Crippen molar-refractivity contribution in [2.75, 3.05) is 0 Å². The molecule has 2 aromatic carbocycles. The summed E-state index contributed by atoms with van der Waals surface area (Å²) in [5.41, 5.74) is 0.929. The van der Waals surface area contributed by atoms with Crippen molar-refractivity contribution in [3.05, 3.63) is 71.9 Å². The molecule has 0 radical (unpaired) electrons. The second-order valence-corrected chi connectivity index (χ2v) is 7.08. The largest absolute Gasteiger partial charge is 0.337 e. The van der Waals surface area contributed by atoms with E-state index < -0.39 is 5.82 Å². The highest BCUT2D eigenvalue weighted by Crippen LogP contribution is 2.26. The van der Waals surface area contributed by atoms with Crippen LogP contribution in [0.25, 0.3) is 11.4 Å². The zero-order valence-corrected chi connectivity index (χ0v) is 15.6. The number of amides is 1. The monoisotopic (exact) mass is 379 g/mol. The third kappa shape index (κ3) is 3.96. The van der Waals surface area contributed by atoms with Gasteiger partial charge in [0.1, 0.15) is 12.4 Å². The summed E-state index contributed by atoms with van der Waals surface area (Å²) in [7, 11) is 0. The average Bonchev–Trinajstić information content (AvgIpc) is 3.22. The maximum absolute atomic E-state index is 14.2. The lowest BCUT2D eigenvalue weighted by Crippen LogP contribution is -2.41. The molecule has 1 fully saturated rings. The molecule has 1 amide bonds. The summed E-state index contributed by atoms with van der Waals surface area (Å²) >= 11 is 0. The van der Waals surface area contributed by atoms with Crippen molar-refractivity contribution in [2.45, 2.75) is 44.7 Å². The number of aromatic nitrogens is 2. The molecule has 0 atom stereocenters. The Labute approximate surface area is 163 Å².